The number of nitrogens with zero attached hydrogens (tertiary/aromatic N) is 1. The van der Waals surface area contributed by atoms with Gasteiger partial charge in [-0.25, -0.2) is 0 Å². The van der Waals surface area contributed by atoms with Crippen molar-refractivity contribution in [1.82, 2.24) is 4.90 Å². The van der Waals surface area contributed by atoms with Gasteiger partial charge in [-0.2, -0.15) is 11.8 Å². The maximum absolute atomic E-state index is 5.15. The van der Waals surface area contributed by atoms with Crippen molar-refractivity contribution in [2.24, 2.45) is 0 Å². The van der Waals surface area contributed by atoms with Gasteiger partial charge >= 0.3 is 0 Å². The van der Waals surface area contributed by atoms with Crippen molar-refractivity contribution in [2.75, 3.05) is 27.2 Å². The van der Waals surface area contributed by atoms with Crippen LogP contribution in [0.1, 0.15) is 12.0 Å². The van der Waals surface area contributed by atoms with Crippen LogP contribution in [0, 0.1) is 0 Å². The normalized spacial score (nSPS) is 21.2. The van der Waals surface area contributed by atoms with Crippen LogP contribution >= 0.6 is 11.8 Å². The first-order valence-electron chi connectivity index (χ1n) is 5.71. The Bertz CT molecular complexity index is 325. The molecule has 0 N–H and O–H groups in total. The lowest BCUT2D eigenvalue weighted by atomic mass is 10.2. The average Bonchev–Trinajstić information content (AvgIpc) is 2.73. The number of likely N-dealkylation sites (tertiary alicyclic amines) is 1. The summed E-state index contributed by atoms with van der Waals surface area (Å²) in [5, 5.41) is 0.812. The maximum atomic E-state index is 5.15. The van der Waals surface area contributed by atoms with Crippen LogP contribution in [0.2, 0.25) is 0 Å². The molecular weight excluding hydrogens is 218 g/mol. The van der Waals surface area contributed by atoms with Gasteiger partial charge < -0.3 is 9.64 Å². The summed E-state index contributed by atoms with van der Waals surface area (Å²) in [6, 6.07) is 8.39. The van der Waals surface area contributed by atoms with Gasteiger partial charge in [-0.1, -0.05) is 12.1 Å². The molecule has 2 nitrogen and oxygen atoms in total. The summed E-state index contributed by atoms with van der Waals surface area (Å²) >= 11 is 2.07. The largest absolute Gasteiger partial charge is 0.497 e. The van der Waals surface area contributed by atoms with E-state index in [4.69, 9.17) is 4.74 Å². The zero-order valence-electron chi connectivity index (χ0n) is 9.98. The van der Waals surface area contributed by atoms with Crippen LogP contribution < -0.4 is 4.74 Å². The number of rotatable bonds is 4. The van der Waals surface area contributed by atoms with Gasteiger partial charge in [-0.15, -0.1) is 0 Å². The molecule has 1 saturated heterocycles. The molecule has 0 spiro atoms. The predicted octanol–water partition coefficient (Wildman–Crippen LogP) is 2.63. The summed E-state index contributed by atoms with van der Waals surface area (Å²) in [6.45, 7) is 2.49. The quantitative estimate of drug-likeness (QED) is 0.799. The molecule has 1 aromatic carbocycles. The highest BCUT2D eigenvalue weighted by molar-refractivity contribution is 7.99. The third-order valence-corrected chi connectivity index (χ3v) is 4.35. The highest BCUT2D eigenvalue weighted by Crippen LogP contribution is 2.25. The summed E-state index contributed by atoms with van der Waals surface area (Å²) in [5.74, 6) is 2.05. The number of thioether (sulfide) groups is 1. The third-order valence-electron chi connectivity index (χ3n) is 2.99. The number of methoxy groups -OCH3 is 1. The fourth-order valence-electron chi connectivity index (χ4n) is 1.97. The summed E-state index contributed by atoms with van der Waals surface area (Å²) in [6.07, 6.45) is 1.33. The van der Waals surface area contributed by atoms with E-state index in [1.165, 1.54) is 25.1 Å². The second kappa shape index (κ2) is 5.60. The summed E-state index contributed by atoms with van der Waals surface area (Å²) in [5.41, 5.74) is 1.39. The first-order chi connectivity index (χ1) is 7.78. The number of hydrogen-bond donors (Lipinski definition) is 0. The summed E-state index contributed by atoms with van der Waals surface area (Å²) in [4.78, 5) is 2.41. The van der Waals surface area contributed by atoms with Crippen LogP contribution in [-0.4, -0.2) is 37.4 Å². The molecule has 3 heteroatoms. The Labute approximate surface area is 102 Å². The molecule has 0 saturated carbocycles. The second-order valence-corrected chi connectivity index (χ2v) is 5.62. The molecule has 0 aromatic heterocycles. The van der Waals surface area contributed by atoms with E-state index in [2.05, 4.69) is 35.8 Å². The minimum absolute atomic E-state index is 0.812. The van der Waals surface area contributed by atoms with Crippen molar-refractivity contribution in [3.05, 3.63) is 29.8 Å². The summed E-state index contributed by atoms with van der Waals surface area (Å²) < 4.78 is 5.15. The Morgan fingerprint density at radius 1 is 1.38 bits per heavy atom. The van der Waals surface area contributed by atoms with E-state index in [1.807, 2.05) is 12.1 Å². The number of hydrogen-bond acceptors (Lipinski definition) is 3. The predicted molar refractivity (Wildman–Crippen MR) is 70.2 cm³/mol. The molecule has 0 radical (unpaired) electrons. The Hall–Kier alpha value is -0.670. The van der Waals surface area contributed by atoms with Gasteiger partial charge in [0.05, 0.1) is 7.11 Å². The summed E-state index contributed by atoms with van der Waals surface area (Å²) in [7, 11) is 3.91. The molecule has 0 amide bonds. The van der Waals surface area contributed by atoms with Crippen molar-refractivity contribution < 1.29 is 4.74 Å². The molecule has 1 aliphatic rings. The van der Waals surface area contributed by atoms with E-state index >= 15 is 0 Å². The molecule has 0 unspecified atom stereocenters. The average molecular weight is 237 g/mol. The molecule has 1 atom stereocenters. The van der Waals surface area contributed by atoms with E-state index < -0.39 is 0 Å². The second-order valence-electron chi connectivity index (χ2n) is 4.33. The molecule has 1 heterocycles. The smallest absolute Gasteiger partial charge is 0.118 e. The zero-order valence-corrected chi connectivity index (χ0v) is 10.8. The van der Waals surface area contributed by atoms with E-state index in [9.17, 15) is 0 Å². The first kappa shape index (κ1) is 11.8. The van der Waals surface area contributed by atoms with Gasteiger partial charge in [0.25, 0.3) is 0 Å². The van der Waals surface area contributed by atoms with Crippen molar-refractivity contribution in [3.8, 4) is 5.75 Å². The van der Waals surface area contributed by atoms with Gasteiger partial charge in [0.2, 0.25) is 0 Å². The van der Waals surface area contributed by atoms with Crippen LogP contribution in [0.25, 0.3) is 0 Å². The lowest BCUT2D eigenvalue weighted by Crippen LogP contribution is -2.14. The number of ether oxygens (including phenoxy) is 1. The Balaban J connectivity index is 1.80. The monoisotopic (exact) mass is 237 g/mol. The molecule has 16 heavy (non-hydrogen) atoms. The fourth-order valence-corrected chi connectivity index (χ4v) is 3.22. The molecule has 1 aromatic rings. The minimum atomic E-state index is 0.812. The van der Waals surface area contributed by atoms with Crippen molar-refractivity contribution in [2.45, 2.75) is 17.4 Å². The SMILES string of the molecule is COc1ccc(CS[C@H]2CCN(C)C2)cc1. The maximum Gasteiger partial charge on any atom is 0.118 e. The molecular formula is C13H19NOS. The van der Waals surface area contributed by atoms with Crippen molar-refractivity contribution >= 4 is 11.8 Å². The topological polar surface area (TPSA) is 12.5 Å². The molecule has 2 rings (SSSR count). The van der Waals surface area contributed by atoms with E-state index in [-0.39, 0.29) is 0 Å². The minimum Gasteiger partial charge on any atom is -0.497 e. The Kier molecular flexibility index (Phi) is 4.13. The van der Waals surface area contributed by atoms with E-state index in [0.717, 1.165) is 16.8 Å². The molecule has 0 bridgehead atoms. The van der Waals surface area contributed by atoms with Gasteiger partial charge in [-0.05, 0) is 37.7 Å². The molecule has 88 valence electrons. The van der Waals surface area contributed by atoms with Crippen LogP contribution in [0.4, 0.5) is 0 Å². The molecule has 1 fully saturated rings. The highest BCUT2D eigenvalue weighted by atomic mass is 32.2. The molecule has 1 aliphatic heterocycles. The van der Waals surface area contributed by atoms with Crippen LogP contribution in [0.5, 0.6) is 5.75 Å². The molecule has 0 aliphatic carbocycles. The first-order valence-corrected chi connectivity index (χ1v) is 6.76. The Morgan fingerprint density at radius 2 is 2.12 bits per heavy atom. The highest BCUT2D eigenvalue weighted by Gasteiger charge is 2.19. The lowest BCUT2D eigenvalue weighted by molar-refractivity contribution is 0.414. The lowest BCUT2D eigenvalue weighted by Gasteiger charge is -2.10. The standard InChI is InChI=1S/C13H19NOS/c1-14-8-7-13(9-14)16-10-11-3-5-12(15-2)6-4-11/h3-6,13H,7-10H2,1-2H3/t13-/m0/s1. The fraction of sp³-hybridized carbons (Fsp3) is 0.538. The van der Waals surface area contributed by atoms with Gasteiger partial charge in [0, 0.05) is 17.5 Å². The zero-order chi connectivity index (χ0) is 11.4. The van der Waals surface area contributed by atoms with E-state index in [0.29, 0.717) is 0 Å². The van der Waals surface area contributed by atoms with Crippen LogP contribution in [0.15, 0.2) is 24.3 Å². The van der Waals surface area contributed by atoms with Gasteiger partial charge in [0.1, 0.15) is 5.75 Å². The van der Waals surface area contributed by atoms with Crippen LogP contribution in [0.3, 0.4) is 0 Å². The third kappa shape index (κ3) is 3.16. The van der Waals surface area contributed by atoms with Crippen molar-refractivity contribution in [3.63, 3.8) is 0 Å². The Morgan fingerprint density at radius 3 is 2.69 bits per heavy atom. The van der Waals surface area contributed by atoms with Crippen LogP contribution in [-0.2, 0) is 5.75 Å². The number of benzene rings is 1. The van der Waals surface area contributed by atoms with Gasteiger partial charge in [-0.3, -0.25) is 0 Å². The van der Waals surface area contributed by atoms with E-state index in [1.54, 1.807) is 7.11 Å². The van der Waals surface area contributed by atoms with Crippen molar-refractivity contribution in [1.29, 1.82) is 0 Å². The van der Waals surface area contributed by atoms with Gasteiger partial charge in [0.15, 0.2) is 0 Å².